The molecular weight excluding hydrogens is 648 g/mol. The maximum Gasteiger partial charge on any atom is 0.305 e. The summed E-state index contributed by atoms with van der Waals surface area (Å²) >= 11 is 0. The number of nitrogens with one attached hydrogen (secondary N) is 3. The molecule has 0 aromatic carbocycles. The number of unbranched alkanes of at least 4 members (excludes halogenated alkanes) is 8. The molecule has 15 nitrogen and oxygen atoms in total. The second-order valence-electron chi connectivity index (χ2n) is 12.6. The Balaban J connectivity index is 4.97. The normalized spacial score (nSPS) is 11.3. The average molecular weight is 717 g/mol. The highest BCUT2D eigenvalue weighted by Gasteiger charge is 2.34. The molecular formula is C35H68N6O9. The third-order valence-corrected chi connectivity index (χ3v) is 7.68. The number of primary amides is 1. The van der Waals surface area contributed by atoms with E-state index in [4.69, 9.17) is 36.1 Å². The quantitative estimate of drug-likeness (QED) is 0.0403. The zero-order valence-electron chi connectivity index (χ0n) is 30.7. The van der Waals surface area contributed by atoms with E-state index in [0.717, 1.165) is 57.8 Å². The van der Waals surface area contributed by atoms with Crippen LogP contribution in [-0.2, 0) is 42.9 Å². The second-order valence-corrected chi connectivity index (χ2v) is 12.6. The first-order valence-corrected chi connectivity index (χ1v) is 18.6. The lowest BCUT2D eigenvalue weighted by molar-refractivity contribution is -0.144. The third-order valence-electron chi connectivity index (χ3n) is 7.68. The van der Waals surface area contributed by atoms with Crippen molar-refractivity contribution in [3.05, 3.63) is 0 Å². The van der Waals surface area contributed by atoms with E-state index in [0.29, 0.717) is 58.5 Å². The van der Waals surface area contributed by atoms with Crippen LogP contribution < -0.4 is 33.2 Å². The van der Waals surface area contributed by atoms with Crippen LogP contribution in [0.25, 0.3) is 0 Å². The van der Waals surface area contributed by atoms with Gasteiger partial charge in [0, 0.05) is 45.2 Å². The van der Waals surface area contributed by atoms with Crippen LogP contribution >= 0.6 is 0 Å². The number of nitrogens with two attached hydrogens (primary N) is 3. The molecule has 0 bridgehead atoms. The van der Waals surface area contributed by atoms with Crippen molar-refractivity contribution in [1.29, 1.82) is 0 Å². The Morgan fingerprint density at radius 1 is 0.540 bits per heavy atom. The van der Waals surface area contributed by atoms with Crippen molar-refractivity contribution in [2.45, 2.75) is 122 Å². The average Bonchev–Trinajstić information content (AvgIpc) is 3.08. The number of ether oxygens (including phenoxy) is 4. The number of hydrogen-bond acceptors (Lipinski definition) is 11. The SMILES string of the molecule is CCCCOC(=O)CCCCCCCCCCC(=O)NC(COCCC(N)=O)(COCCC(=O)NCCCN)COCCC(=O)NCCCN. The summed E-state index contributed by atoms with van der Waals surface area (Å²) in [6.07, 6.45) is 11.9. The molecule has 0 fully saturated rings. The Labute approximate surface area is 299 Å². The lowest BCUT2D eigenvalue weighted by Crippen LogP contribution is -2.58. The minimum absolute atomic E-state index is 0.00324. The minimum Gasteiger partial charge on any atom is -0.466 e. The molecule has 0 atom stereocenters. The van der Waals surface area contributed by atoms with E-state index in [1.54, 1.807) is 0 Å². The largest absolute Gasteiger partial charge is 0.466 e. The van der Waals surface area contributed by atoms with Gasteiger partial charge in [0.25, 0.3) is 0 Å². The van der Waals surface area contributed by atoms with Gasteiger partial charge in [0.1, 0.15) is 5.54 Å². The van der Waals surface area contributed by atoms with Crippen LogP contribution in [0.5, 0.6) is 0 Å². The Morgan fingerprint density at radius 3 is 1.46 bits per heavy atom. The van der Waals surface area contributed by atoms with E-state index in [-0.39, 0.29) is 89.0 Å². The van der Waals surface area contributed by atoms with Crippen molar-refractivity contribution in [3.8, 4) is 0 Å². The van der Waals surface area contributed by atoms with Gasteiger partial charge in [0.05, 0.1) is 46.2 Å². The van der Waals surface area contributed by atoms with Crippen molar-refractivity contribution in [2.75, 3.05) is 72.4 Å². The lowest BCUT2D eigenvalue weighted by Gasteiger charge is -2.34. The molecule has 0 aromatic rings. The highest BCUT2D eigenvalue weighted by atomic mass is 16.5. The molecule has 0 aliphatic heterocycles. The second kappa shape index (κ2) is 33.3. The zero-order chi connectivity index (χ0) is 37.1. The maximum atomic E-state index is 13.2. The highest BCUT2D eigenvalue weighted by Crippen LogP contribution is 2.14. The van der Waals surface area contributed by atoms with Gasteiger partial charge in [-0.15, -0.1) is 0 Å². The van der Waals surface area contributed by atoms with E-state index in [9.17, 15) is 24.0 Å². The number of amides is 4. The van der Waals surface area contributed by atoms with Crippen molar-refractivity contribution in [2.24, 2.45) is 17.2 Å². The summed E-state index contributed by atoms with van der Waals surface area (Å²) in [6, 6.07) is 0. The molecule has 4 amide bonds. The van der Waals surface area contributed by atoms with Crippen LogP contribution in [0.4, 0.5) is 0 Å². The molecule has 0 unspecified atom stereocenters. The highest BCUT2D eigenvalue weighted by molar-refractivity contribution is 5.77. The van der Waals surface area contributed by atoms with Crippen LogP contribution in [0.15, 0.2) is 0 Å². The molecule has 0 spiro atoms. The summed E-state index contributed by atoms with van der Waals surface area (Å²) in [6.45, 7) is 4.64. The first kappa shape index (κ1) is 47.1. The van der Waals surface area contributed by atoms with Crippen LogP contribution in [0.1, 0.15) is 116 Å². The minimum atomic E-state index is -1.14. The fraction of sp³-hybridized carbons (Fsp3) is 0.857. The summed E-state index contributed by atoms with van der Waals surface area (Å²) < 4.78 is 22.7. The predicted octanol–water partition coefficient (Wildman–Crippen LogP) is 1.72. The van der Waals surface area contributed by atoms with E-state index < -0.39 is 11.4 Å². The number of esters is 1. The number of carbonyl (C=O) groups excluding carboxylic acids is 5. The molecule has 0 radical (unpaired) electrons. The van der Waals surface area contributed by atoms with E-state index >= 15 is 0 Å². The number of rotatable bonds is 36. The van der Waals surface area contributed by atoms with Gasteiger partial charge in [-0.2, -0.15) is 0 Å². The van der Waals surface area contributed by atoms with E-state index in [2.05, 4.69) is 22.9 Å². The van der Waals surface area contributed by atoms with Crippen LogP contribution in [0.2, 0.25) is 0 Å². The smallest absolute Gasteiger partial charge is 0.305 e. The van der Waals surface area contributed by atoms with Gasteiger partial charge in [-0.05, 0) is 45.2 Å². The molecule has 0 aromatic heterocycles. The van der Waals surface area contributed by atoms with Crippen LogP contribution in [-0.4, -0.2) is 108 Å². The molecule has 9 N–H and O–H groups in total. The topological polar surface area (TPSA) is 236 Å². The molecule has 0 aliphatic rings. The molecule has 0 saturated heterocycles. The van der Waals surface area contributed by atoms with Gasteiger partial charge in [-0.1, -0.05) is 51.9 Å². The van der Waals surface area contributed by atoms with Gasteiger partial charge in [-0.25, -0.2) is 0 Å². The lowest BCUT2D eigenvalue weighted by atomic mass is 10.0. The molecule has 50 heavy (non-hydrogen) atoms. The van der Waals surface area contributed by atoms with Crippen molar-refractivity contribution < 1.29 is 42.9 Å². The summed E-state index contributed by atoms with van der Waals surface area (Å²) in [5, 5.41) is 8.58. The van der Waals surface area contributed by atoms with Crippen LogP contribution in [0, 0.1) is 0 Å². The Bertz CT molecular complexity index is 880. The molecule has 0 saturated carbocycles. The summed E-state index contributed by atoms with van der Waals surface area (Å²) in [5.74, 6) is -1.19. The molecule has 0 rings (SSSR count). The standard InChI is InChI=1S/C35H68N6O9/c1-2-3-23-50-34(46)15-11-9-7-5-4-6-8-10-14-33(45)41-35(27-47-24-16-30(38)42,28-48-25-17-31(43)39-21-12-19-36)29-49-26-18-32(44)40-22-13-20-37/h2-29,36-37H2,1H3,(H2,38,42)(H,39,43)(H,40,44)(H,41,45). The third kappa shape index (κ3) is 30.0. The van der Waals surface area contributed by atoms with Gasteiger partial charge in [0.15, 0.2) is 0 Å². The first-order valence-electron chi connectivity index (χ1n) is 18.6. The maximum absolute atomic E-state index is 13.2. The van der Waals surface area contributed by atoms with Gasteiger partial charge in [0.2, 0.25) is 23.6 Å². The van der Waals surface area contributed by atoms with Gasteiger partial charge < -0.3 is 52.1 Å². The van der Waals surface area contributed by atoms with Crippen molar-refractivity contribution in [1.82, 2.24) is 16.0 Å². The summed E-state index contributed by atoms with van der Waals surface area (Å²) in [7, 11) is 0. The monoisotopic (exact) mass is 717 g/mol. The number of carbonyl (C=O) groups is 5. The first-order chi connectivity index (χ1) is 24.2. The molecule has 292 valence electrons. The van der Waals surface area contributed by atoms with Crippen molar-refractivity contribution >= 4 is 29.6 Å². The predicted molar refractivity (Wildman–Crippen MR) is 192 cm³/mol. The van der Waals surface area contributed by atoms with Gasteiger partial charge in [-0.3, -0.25) is 24.0 Å². The van der Waals surface area contributed by atoms with Crippen LogP contribution in [0.3, 0.4) is 0 Å². The fourth-order valence-electron chi connectivity index (χ4n) is 4.75. The molecule has 15 heteroatoms. The Morgan fingerprint density at radius 2 is 1.00 bits per heavy atom. The molecule has 0 aliphatic carbocycles. The van der Waals surface area contributed by atoms with Gasteiger partial charge >= 0.3 is 5.97 Å². The summed E-state index contributed by atoms with van der Waals surface area (Å²) in [4.78, 5) is 60.4. The van der Waals surface area contributed by atoms with Crippen molar-refractivity contribution in [3.63, 3.8) is 0 Å². The zero-order valence-corrected chi connectivity index (χ0v) is 30.7. The molecule has 0 heterocycles. The van der Waals surface area contributed by atoms with E-state index in [1.807, 2.05) is 0 Å². The Kier molecular flexibility index (Phi) is 31.4. The Hall–Kier alpha value is -2.85. The van der Waals surface area contributed by atoms with E-state index in [1.165, 1.54) is 0 Å². The fourth-order valence-corrected chi connectivity index (χ4v) is 4.75. The summed E-state index contributed by atoms with van der Waals surface area (Å²) in [5.41, 5.74) is 15.1. The number of hydrogen-bond donors (Lipinski definition) is 6.